The molecule has 0 amide bonds. The lowest BCUT2D eigenvalue weighted by Gasteiger charge is -2.13. The highest BCUT2D eigenvalue weighted by Gasteiger charge is 2.16. The van der Waals surface area contributed by atoms with Gasteiger partial charge in [0.15, 0.2) is 0 Å². The van der Waals surface area contributed by atoms with E-state index in [9.17, 15) is 0 Å². The molecule has 1 N–H and O–H groups in total. The van der Waals surface area contributed by atoms with Gasteiger partial charge in [0.2, 0.25) is 0 Å². The molecule has 0 atom stereocenters. The van der Waals surface area contributed by atoms with Crippen molar-refractivity contribution in [2.45, 2.75) is 46.5 Å². The molecule has 2 rings (SSSR count). The molecule has 0 saturated heterocycles. The maximum Gasteiger partial charge on any atom is 0.0392 e. The lowest BCUT2D eigenvalue weighted by Crippen LogP contribution is -2.03. The zero-order chi connectivity index (χ0) is 13.8. The highest BCUT2D eigenvalue weighted by Crippen LogP contribution is 2.35. The van der Waals surface area contributed by atoms with Crippen LogP contribution in [0.5, 0.6) is 0 Å². The molecule has 1 aromatic carbocycles. The second-order valence-corrected chi connectivity index (χ2v) is 5.32. The van der Waals surface area contributed by atoms with Crippen LogP contribution in [0, 0.1) is 5.41 Å². The predicted molar refractivity (Wildman–Crippen MR) is 83.8 cm³/mol. The Kier molecular flexibility index (Phi) is 4.36. The van der Waals surface area contributed by atoms with Gasteiger partial charge in [0.25, 0.3) is 0 Å². The first-order valence-corrected chi connectivity index (χ1v) is 7.19. The first-order chi connectivity index (χ1) is 9.15. The fraction of sp³-hybridized carbons (Fsp3) is 0.389. The number of hydrogen-bond acceptors (Lipinski definition) is 1. The molecular formula is C18H23N. The summed E-state index contributed by atoms with van der Waals surface area (Å²) in [7, 11) is 0. The largest absolute Gasteiger partial charge is 0.305 e. The third-order valence-corrected chi connectivity index (χ3v) is 4.01. The van der Waals surface area contributed by atoms with E-state index < -0.39 is 0 Å². The highest BCUT2D eigenvalue weighted by atomic mass is 14.4. The summed E-state index contributed by atoms with van der Waals surface area (Å²) < 4.78 is 0. The Morgan fingerprint density at radius 2 is 1.95 bits per heavy atom. The molecule has 1 aliphatic rings. The number of nitrogens with one attached hydrogen (secondary N) is 1. The Balaban J connectivity index is 2.35. The lowest BCUT2D eigenvalue weighted by molar-refractivity contribution is 0.833. The number of rotatable bonds is 5. The van der Waals surface area contributed by atoms with Gasteiger partial charge in [0.1, 0.15) is 0 Å². The molecule has 19 heavy (non-hydrogen) atoms. The van der Waals surface area contributed by atoms with Crippen LogP contribution >= 0.6 is 0 Å². The lowest BCUT2D eigenvalue weighted by atomic mass is 9.92. The molecule has 0 saturated carbocycles. The molecule has 0 unspecified atom stereocenters. The molecule has 0 aromatic heterocycles. The van der Waals surface area contributed by atoms with Crippen molar-refractivity contribution < 1.29 is 0 Å². The summed E-state index contributed by atoms with van der Waals surface area (Å²) in [4.78, 5) is 0. The molecule has 100 valence electrons. The zero-order valence-corrected chi connectivity index (χ0v) is 12.2. The van der Waals surface area contributed by atoms with Crippen LogP contribution in [0.2, 0.25) is 0 Å². The SMILES string of the molecule is CCCCC(=N)c1ccccc1C1=C(C)C(C)=CC1. The van der Waals surface area contributed by atoms with Crippen molar-refractivity contribution >= 4 is 11.3 Å². The molecule has 0 radical (unpaired) electrons. The average Bonchev–Trinajstić information content (AvgIpc) is 2.76. The fourth-order valence-electron chi connectivity index (χ4n) is 2.61. The van der Waals surface area contributed by atoms with Gasteiger partial charge in [-0.3, -0.25) is 0 Å². The van der Waals surface area contributed by atoms with Crippen LogP contribution in [-0.2, 0) is 0 Å². The van der Waals surface area contributed by atoms with E-state index in [1.807, 2.05) is 6.07 Å². The van der Waals surface area contributed by atoms with Crippen LogP contribution < -0.4 is 0 Å². The first-order valence-electron chi connectivity index (χ1n) is 7.19. The standard InChI is InChI=1S/C18H23N/c1-4-5-10-18(19)17-9-7-6-8-16(17)15-12-11-13(2)14(15)3/h6-9,11,19H,4-5,10,12H2,1-3H3. The minimum Gasteiger partial charge on any atom is -0.305 e. The minimum absolute atomic E-state index is 0.780. The second-order valence-electron chi connectivity index (χ2n) is 5.32. The van der Waals surface area contributed by atoms with Gasteiger partial charge in [0, 0.05) is 11.3 Å². The molecule has 0 aliphatic heterocycles. The maximum atomic E-state index is 8.31. The predicted octanol–water partition coefficient (Wildman–Crippen LogP) is 5.37. The summed E-state index contributed by atoms with van der Waals surface area (Å²) in [5, 5.41) is 8.31. The van der Waals surface area contributed by atoms with Crippen molar-refractivity contribution in [1.82, 2.24) is 0 Å². The van der Waals surface area contributed by atoms with E-state index in [4.69, 9.17) is 5.41 Å². The molecule has 1 aromatic rings. The van der Waals surface area contributed by atoms with Gasteiger partial charge in [-0.25, -0.2) is 0 Å². The molecule has 1 aliphatic carbocycles. The zero-order valence-electron chi connectivity index (χ0n) is 12.2. The number of hydrogen-bond donors (Lipinski definition) is 1. The third kappa shape index (κ3) is 2.86. The Bertz CT molecular complexity index is 547. The molecule has 0 bridgehead atoms. The van der Waals surface area contributed by atoms with Gasteiger partial charge in [0.05, 0.1) is 0 Å². The van der Waals surface area contributed by atoms with Gasteiger partial charge in [-0.1, -0.05) is 49.3 Å². The summed E-state index contributed by atoms with van der Waals surface area (Å²) in [5.41, 5.74) is 7.32. The Labute approximate surface area is 116 Å². The molecule has 1 nitrogen and oxygen atoms in total. The van der Waals surface area contributed by atoms with E-state index >= 15 is 0 Å². The van der Waals surface area contributed by atoms with Gasteiger partial charge in [-0.15, -0.1) is 0 Å². The van der Waals surface area contributed by atoms with E-state index in [-0.39, 0.29) is 0 Å². The van der Waals surface area contributed by atoms with Gasteiger partial charge in [-0.05, 0) is 49.8 Å². The monoisotopic (exact) mass is 253 g/mol. The number of unbranched alkanes of at least 4 members (excludes halogenated alkanes) is 1. The summed E-state index contributed by atoms with van der Waals surface area (Å²) in [6.07, 6.45) is 6.43. The van der Waals surface area contributed by atoms with Crippen LogP contribution in [0.25, 0.3) is 5.57 Å². The van der Waals surface area contributed by atoms with Crippen molar-refractivity contribution in [1.29, 1.82) is 5.41 Å². The van der Waals surface area contributed by atoms with Gasteiger partial charge in [-0.2, -0.15) is 0 Å². The summed E-state index contributed by atoms with van der Waals surface area (Å²) in [6, 6.07) is 8.40. The Morgan fingerprint density at radius 3 is 2.58 bits per heavy atom. The van der Waals surface area contributed by atoms with Crippen LogP contribution in [0.15, 0.2) is 41.5 Å². The minimum atomic E-state index is 0.780. The molecule has 0 fully saturated rings. The van der Waals surface area contributed by atoms with E-state index in [0.717, 1.165) is 37.0 Å². The highest BCUT2D eigenvalue weighted by molar-refractivity contribution is 6.03. The van der Waals surface area contributed by atoms with Crippen LogP contribution in [0.1, 0.15) is 57.6 Å². The van der Waals surface area contributed by atoms with Crippen LogP contribution in [0.4, 0.5) is 0 Å². The smallest absolute Gasteiger partial charge is 0.0392 e. The maximum absolute atomic E-state index is 8.31. The van der Waals surface area contributed by atoms with Crippen molar-refractivity contribution in [2.75, 3.05) is 0 Å². The summed E-state index contributed by atoms with van der Waals surface area (Å²) in [5.74, 6) is 0. The van der Waals surface area contributed by atoms with Crippen molar-refractivity contribution in [3.05, 3.63) is 52.6 Å². The normalized spacial score (nSPS) is 14.8. The van der Waals surface area contributed by atoms with Crippen LogP contribution in [0.3, 0.4) is 0 Å². The van der Waals surface area contributed by atoms with Crippen molar-refractivity contribution in [3.8, 4) is 0 Å². The first kappa shape index (κ1) is 13.8. The number of benzene rings is 1. The topological polar surface area (TPSA) is 23.9 Å². The fourth-order valence-corrected chi connectivity index (χ4v) is 2.61. The van der Waals surface area contributed by atoms with E-state index in [2.05, 4.69) is 45.0 Å². The van der Waals surface area contributed by atoms with Gasteiger partial charge >= 0.3 is 0 Å². The third-order valence-electron chi connectivity index (χ3n) is 4.01. The number of allylic oxidation sites excluding steroid dienone is 4. The molecule has 0 heterocycles. The Morgan fingerprint density at radius 1 is 1.21 bits per heavy atom. The van der Waals surface area contributed by atoms with E-state index in [0.29, 0.717) is 0 Å². The average molecular weight is 253 g/mol. The van der Waals surface area contributed by atoms with Crippen molar-refractivity contribution in [2.24, 2.45) is 0 Å². The quantitative estimate of drug-likeness (QED) is 0.682. The van der Waals surface area contributed by atoms with E-state index in [1.54, 1.807) is 0 Å². The molecule has 0 spiro atoms. The van der Waals surface area contributed by atoms with Gasteiger partial charge < -0.3 is 5.41 Å². The summed E-state index contributed by atoms with van der Waals surface area (Å²) in [6.45, 7) is 6.55. The molecular weight excluding hydrogens is 230 g/mol. The molecule has 1 heteroatoms. The van der Waals surface area contributed by atoms with Crippen LogP contribution in [-0.4, -0.2) is 5.71 Å². The van der Waals surface area contributed by atoms with E-state index in [1.165, 1.54) is 22.3 Å². The summed E-state index contributed by atoms with van der Waals surface area (Å²) >= 11 is 0. The Hall–Kier alpha value is -1.63. The second kappa shape index (κ2) is 6.01. The van der Waals surface area contributed by atoms with Crippen molar-refractivity contribution in [3.63, 3.8) is 0 Å².